The highest BCUT2D eigenvalue weighted by molar-refractivity contribution is 5.36. The van der Waals surface area contributed by atoms with Crippen LogP contribution < -0.4 is 10.5 Å². The largest absolute Gasteiger partial charge is 0.490 e. The zero-order valence-electron chi connectivity index (χ0n) is 9.99. The van der Waals surface area contributed by atoms with Crippen LogP contribution in [0.25, 0.3) is 0 Å². The summed E-state index contributed by atoms with van der Waals surface area (Å²) in [6, 6.07) is 4.40. The van der Waals surface area contributed by atoms with E-state index in [0.29, 0.717) is 17.9 Å². The molecule has 1 saturated heterocycles. The Kier molecular flexibility index (Phi) is 3.97. The first kappa shape index (κ1) is 12.3. The van der Waals surface area contributed by atoms with Gasteiger partial charge >= 0.3 is 0 Å². The molecule has 0 saturated carbocycles. The molecule has 0 aliphatic carbocycles. The van der Waals surface area contributed by atoms with Gasteiger partial charge in [0.1, 0.15) is 18.2 Å². The summed E-state index contributed by atoms with van der Waals surface area (Å²) in [6.45, 7) is 3.00. The molecule has 3 nitrogen and oxygen atoms in total. The van der Waals surface area contributed by atoms with Crippen molar-refractivity contribution >= 4 is 0 Å². The van der Waals surface area contributed by atoms with Crippen LogP contribution in [0.2, 0.25) is 0 Å². The predicted molar refractivity (Wildman–Crippen MR) is 63.5 cm³/mol. The fraction of sp³-hybridized carbons (Fsp3) is 0.538. The number of ether oxygens (including phenoxy) is 2. The average Bonchev–Trinajstić information content (AvgIpc) is 2.78. The van der Waals surface area contributed by atoms with Crippen LogP contribution in [0.1, 0.15) is 31.4 Å². The molecule has 1 aliphatic heterocycles. The third-order valence-corrected chi connectivity index (χ3v) is 2.92. The number of hydrogen-bond donors (Lipinski definition) is 1. The minimum atomic E-state index is -0.379. The van der Waals surface area contributed by atoms with Gasteiger partial charge in [-0.15, -0.1) is 0 Å². The monoisotopic (exact) mass is 239 g/mol. The first-order chi connectivity index (χ1) is 8.18. The fourth-order valence-corrected chi connectivity index (χ4v) is 2.04. The van der Waals surface area contributed by atoms with Crippen LogP contribution in [0.5, 0.6) is 5.75 Å². The zero-order valence-corrected chi connectivity index (χ0v) is 9.99. The Morgan fingerprint density at radius 3 is 3.06 bits per heavy atom. The zero-order chi connectivity index (χ0) is 12.3. The standard InChI is InChI=1S/C13H18FNO2/c1-9(15)13-11(14)5-2-6-12(13)17-8-10-4-3-7-16-10/h2,5-6,9-10H,3-4,7-8,15H2,1H3/t9-,10?/m0/s1. The lowest BCUT2D eigenvalue weighted by Gasteiger charge is -2.16. The van der Waals surface area contributed by atoms with Crippen molar-refractivity contribution in [1.29, 1.82) is 0 Å². The molecule has 1 aliphatic rings. The van der Waals surface area contributed by atoms with Gasteiger partial charge in [0.05, 0.1) is 6.10 Å². The van der Waals surface area contributed by atoms with Gasteiger partial charge in [-0.25, -0.2) is 4.39 Å². The molecule has 1 unspecified atom stereocenters. The van der Waals surface area contributed by atoms with E-state index < -0.39 is 0 Å². The summed E-state index contributed by atoms with van der Waals surface area (Å²) in [5.41, 5.74) is 6.18. The van der Waals surface area contributed by atoms with E-state index in [1.807, 2.05) is 0 Å². The Hall–Kier alpha value is -1.13. The smallest absolute Gasteiger partial charge is 0.131 e. The molecule has 1 aromatic carbocycles. The molecule has 4 heteroatoms. The molecule has 94 valence electrons. The molecule has 1 fully saturated rings. The lowest BCUT2D eigenvalue weighted by molar-refractivity contribution is 0.0673. The molecule has 17 heavy (non-hydrogen) atoms. The van der Waals surface area contributed by atoms with E-state index in [1.54, 1.807) is 19.1 Å². The van der Waals surface area contributed by atoms with E-state index in [-0.39, 0.29) is 18.0 Å². The molecule has 2 atom stereocenters. The Balaban J connectivity index is 2.06. The summed E-state index contributed by atoms with van der Waals surface area (Å²) in [5.74, 6) is 0.209. The second kappa shape index (κ2) is 5.47. The highest BCUT2D eigenvalue weighted by atomic mass is 19.1. The van der Waals surface area contributed by atoms with Gasteiger partial charge in [0.25, 0.3) is 0 Å². The molecule has 2 rings (SSSR count). The molecule has 0 aromatic heterocycles. The Labute approximate surface area is 101 Å². The maximum Gasteiger partial charge on any atom is 0.131 e. The summed E-state index contributed by atoms with van der Waals surface area (Å²) in [5, 5.41) is 0. The topological polar surface area (TPSA) is 44.5 Å². The minimum Gasteiger partial charge on any atom is -0.490 e. The van der Waals surface area contributed by atoms with Crippen molar-refractivity contribution < 1.29 is 13.9 Å². The van der Waals surface area contributed by atoms with E-state index in [1.165, 1.54) is 6.07 Å². The van der Waals surface area contributed by atoms with Crippen LogP contribution in [0.3, 0.4) is 0 Å². The minimum absolute atomic E-state index is 0.124. The molecule has 0 radical (unpaired) electrons. The summed E-state index contributed by atoms with van der Waals surface area (Å²) in [4.78, 5) is 0. The average molecular weight is 239 g/mol. The maximum atomic E-state index is 13.6. The number of halogens is 1. The van der Waals surface area contributed by atoms with Crippen LogP contribution in [0, 0.1) is 5.82 Å². The van der Waals surface area contributed by atoms with Crippen LogP contribution in [0.15, 0.2) is 18.2 Å². The van der Waals surface area contributed by atoms with Gasteiger partial charge in [-0.2, -0.15) is 0 Å². The molecule has 0 amide bonds. The summed E-state index contributed by atoms with van der Waals surface area (Å²) < 4.78 is 24.7. The molecule has 1 aromatic rings. The highest BCUT2D eigenvalue weighted by Crippen LogP contribution is 2.27. The van der Waals surface area contributed by atoms with Crippen molar-refractivity contribution in [1.82, 2.24) is 0 Å². The quantitative estimate of drug-likeness (QED) is 0.877. The van der Waals surface area contributed by atoms with E-state index in [4.69, 9.17) is 15.2 Å². The molecular formula is C13H18FNO2. The van der Waals surface area contributed by atoms with E-state index in [2.05, 4.69) is 0 Å². The van der Waals surface area contributed by atoms with Crippen molar-refractivity contribution in [3.8, 4) is 5.75 Å². The Morgan fingerprint density at radius 1 is 1.59 bits per heavy atom. The SMILES string of the molecule is C[C@H](N)c1c(F)cccc1OCC1CCCO1. The predicted octanol–water partition coefficient (Wildman–Crippen LogP) is 2.40. The molecule has 0 spiro atoms. The summed E-state index contributed by atoms with van der Waals surface area (Å²) >= 11 is 0. The Morgan fingerprint density at radius 2 is 2.41 bits per heavy atom. The molecule has 0 bridgehead atoms. The van der Waals surface area contributed by atoms with Gasteiger partial charge in [0.2, 0.25) is 0 Å². The van der Waals surface area contributed by atoms with E-state index >= 15 is 0 Å². The van der Waals surface area contributed by atoms with Crippen molar-refractivity contribution in [3.05, 3.63) is 29.6 Å². The van der Waals surface area contributed by atoms with Crippen LogP contribution in [-0.2, 0) is 4.74 Å². The normalized spacial score (nSPS) is 21.5. The Bertz CT molecular complexity index is 376. The first-order valence-electron chi connectivity index (χ1n) is 5.97. The maximum absolute atomic E-state index is 13.6. The van der Waals surface area contributed by atoms with Gasteiger partial charge in [-0.1, -0.05) is 6.07 Å². The molecule has 2 N–H and O–H groups in total. The summed E-state index contributed by atoms with van der Waals surface area (Å²) in [6.07, 6.45) is 2.19. The number of nitrogens with two attached hydrogens (primary N) is 1. The highest BCUT2D eigenvalue weighted by Gasteiger charge is 2.18. The number of benzene rings is 1. The lowest BCUT2D eigenvalue weighted by Crippen LogP contribution is -2.18. The molecule has 1 heterocycles. The van der Waals surface area contributed by atoms with Gasteiger partial charge in [-0.05, 0) is 31.9 Å². The fourth-order valence-electron chi connectivity index (χ4n) is 2.04. The van der Waals surface area contributed by atoms with Crippen LogP contribution >= 0.6 is 0 Å². The summed E-state index contributed by atoms with van der Waals surface area (Å²) in [7, 11) is 0. The van der Waals surface area contributed by atoms with Gasteiger partial charge in [0, 0.05) is 18.2 Å². The second-order valence-corrected chi connectivity index (χ2v) is 4.39. The van der Waals surface area contributed by atoms with Crippen molar-refractivity contribution in [2.75, 3.05) is 13.2 Å². The molecular weight excluding hydrogens is 221 g/mol. The van der Waals surface area contributed by atoms with Crippen molar-refractivity contribution in [2.24, 2.45) is 5.73 Å². The van der Waals surface area contributed by atoms with Gasteiger partial charge < -0.3 is 15.2 Å². The van der Waals surface area contributed by atoms with Crippen LogP contribution in [-0.4, -0.2) is 19.3 Å². The van der Waals surface area contributed by atoms with Crippen molar-refractivity contribution in [3.63, 3.8) is 0 Å². The number of rotatable bonds is 4. The number of hydrogen-bond acceptors (Lipinski definition) is 3. The van der Waals surface area contributed by atoms with E-state index in [0.717, 1.165) is 19.4 Å². The third kappa shape index (κ3) is 2.96. The van der Waals surface area contributed by atoms with Gasteiger partial charge in [-0.3, -0.25) is 0 Å². The van der Waals surface area contributed by atoms with E-state index in [9.17, 15) is 4.39 Å². The first-order valence-corrected chi connectivity index (χ1v) is 5.97. The van der Waals surface area contributed by atoms with Gasteiger partial charge in [0.15, 0.2) is 0 Å². The third-order valence-electron chi connectivity index (χ3n) is 2.92. The van der Waals surface area contributed by atoms with Crippen LogP contribution in [0.4, 0.5) is 4.39 Å². The second-order valence-electron chi connectivity index (χ2n) is 4.39. The lowest BCUT2D eigenvalue weighted by atomic mass is 10.1. The van der Waals surface area contributed by atoms with Crippen molar-refractivity contribution in [2.45, 2.75) is 31.9 Å².